The molecule has 3 aromatic rings. The molecule has 3 rings (SSSR count). The second kappa shape index (κ2) is 4.53. The van der Waals surface area contributed by atoms with Crippen LogP contribution in [0.4, 0.5) is 0 Å². The van der Waals surface area contributed by atoms with Gasteiger partial charge >= 0.3 is 0 Å². The number of phenolic OH excluding ortho intramolecular Hbond substituents is 1. The molecular formula is C13H7BrClNOS. The fourth-order valence-corrected chi connectivity index (χ4v) is 3.15. The van der Waals surface area contributed by atoms with Crippen LogP contribution >= 0.6 is 38.9 Å². The first-order valence-corrected chi connectivity index (χ1v) is 7.17. The molecule has 0 radical (unpaired) electrons. The minimum Gasteiger partial charge on any atom is -0.507 e. The predicted molar refractivity (Wildman–Crippen MR) is 79.4 cm³/mol. The number of hydrogen-bond donors (Lipinski definition) is 1. The summed E-state index contributed by atoms with van der Waals surface area (Å²) < 4.78 is 1.76. The summed E-state index contributed by atoms with van der Waals surface area (Å²) in [5, 5.41) is 11.1. The summed E-state index contributed by atoms with van der Waals surface area (Å²) in [5.41, 5.74) is 1.86. The molecule has 2 aromatic carbocycles. The molecule has 1 N–H and O–H groups in total. The molecule has 0 saturated carbocycles. The van der Waals surface area contributed by atoms with E-state index in [9.17, 15) is 5.11 Å². The van der Waals surface area contributed by atoms with Crippen molar-refractivity contribution in [3.8, 4) is 16.3 Å². The quantitative estimate of drug-likeness (QED) is 0.669. The normalized spacial score (nSPS) is 11.0. The molecule has 18 heavy (non-hydrogen) atoms. The maximum atomic E-state index is 9.49. The van der Waals surface area contributed by atoms with Gasteiger partial charge in [-0.2, -0.15) is 0 Å². The van der Waals surface area contributed by atoms with Gasteiger partial charge in [-0.3, -0.25) is 0 Å². The van der Waals surface area contributed by atoms with Crippen molar-refractivity contribution in [3.05, 3.63) is 45.9 Å². The van der Waals surface area contributed by atoms with Crippen LogP contribution in [0.25, 0.3) is 20.8 Å². The molecule has 0 aliphatic rings. The molecule has 0 atom stereocenters. The number of aromatic hydroxyl groups is 1. The van der Waals surface area contributed by atoms with Gasteiger partial charge < -0.3 is 5.11 Å². The zero-order chi connectivity index (χ0) is 12.7. The Morgan fingerprint density at radius 3 is 2.78 bits per heavy atom. The van der Waals surface area contributed by atoms with Crippen molar-refractivity contribution < 1.29 is 5.11 Å². The fourth-order valence-electron chi connectivity index (χ4n) is 1.66. The highest BCUT2D eigenvalue weighted by atomic mass is 79.9. The number of thiazole rings is 1. The number of fused-ring (bicyclic) bond motifs is 1. The van der Waals surface area contributed by atoms with Crippen LogP contribution in [-0.2, 0) is 0 Å². The summed E-state index contributed by atoms with van der Waals surface area (Å²) in [6.07, 6.45) is 0. The minimum absolute atomic E-state index is 0.225. The van der Waals surface area contributed by atoms with E-state index >= 15 is 0 Å². The van der Waals surface area contributed by atoms with E-state index in [0.29, 0.717) is 9.50 Å². The van der Waals surface area contributed by atoms with Gasteiger partial charge in [0.15, 0.2) is 0 Å². The first-order chi connectivity index (χ1) is 8.63. The highest BCUT2D eigenvalue weighted by Gasteiger charge is 2.08. The molecular weight excluding hydrogens is 334 g/mol. The van der Waals surface area contributed by atoms with Crippen molar-refractivity contribution in [3.63, 3.8) is 0 Å². The highest BCUT2D eigenvalue weighted by Crippen LogP contribution is 2.34. The molecule has 0 aliphatic heterocycles. The minimum atomic E-state index is 0.225. The molecule has 1 aromatic heterocycles. The van der Waals surface area contributed by atoms with E-state index in [1.807, 2.05) is 30.3 Å². The first-order valence-electron chi connectivity index (χ1n) is 5.18. The van der Waals surface area contributed by atoms with Crippen LogP contribution in [0.15, 0.2) is 40.9 Å². The Labute approximate surface area is 121 Å². The molecule has 0 aliphatic carbocycles. The van der Waals surface area contributed by atoms with Gasteiger partial charge in [-0.25, -0.2) is 4.98 Å². The van der Waals surface area contributed by atoms with Gasteiger partial charge in [0.1, 0.15) is 10.8 Å². The van der Waals surface area contributed by atoms with E-state index in [0.717, 1.165) is 20.8 Å². The Hall–Kier alpha value is -1.10. The van der Waals surface area contributed by atoms with Gasteiger partial charge in [-0.05, 0) is 52.3 Å². The van der Waals surface area contributed by atoms with Crippen molar-refractivity contribution in [2.24, 2.45) is 0 Å². The predicted octanol–water partition coefficient (Wildman–Crippen LogP) is 5.08. The maximum absolute atomic E-state index is 9.49. The lowest BCUT2D eigenvalue weighted by molar-refractivity contribution is 0.472. The second-order valence-electron chi connectivity index (χ2n) is 3.80. The van der Waals surface area contributed by atoms with Crippen molar-refractivity contribution >= 4 is 49.1 Å². The summed E-state index contributed by atoms with van der Waals surface area (Å²) in [7, 11) is 0. The number of phenols is 1. The number of hydrogen-bond acceptors (Lipinski definition) is 3. The van der Waals surface area contributed by atoms with Crippen molar-refractivity contribution in [1.82, 2.24) is 4.98 Å². The molecule has 1 heterocycles. The Morgan fingerprint density at radius 2 is 2.00 bits per heavy atom. The number of halogens is 2. The average Bonchev–Trinajstić information content (AvgIpc) is 2.75. The Balaban J connectivity index is 2.16. The van der Waals surface area contributed by atoms with Gasteiger partial charge in [0.2, 0.25) is 0 Å². The number of rotatable bonds is 1. The average molecular weight is 341 g/mol. The number of aromatic nitrogens is 1. The molecule has 0 bridgehead atoms. The van der Waals surface area contributed by atoms with Crippen molar-refractivity contribution in [1.29, 1.82) is 0 Å². The molecule has 0 fully saturated rings. The van der Waals surface area contributed by atoms with E-state index in [4.69, 9.17) is 11.6 Å². The van der Waals surface area contributed by atoms with E-state index in [-0.39, 0.29) is 5.75 Å². The van der Waals surface area contributed by atoms with Crippen LogP contribution < -0.4 is 0 Å². The monoisotopic (exact) mass is 339 g/mol. The summed E-state index contributed by atoms with van der Waals surface area (Å²) in [6.45, 7) is 0. The van der Waals surface area contributed by atoms with Gasteiger partial charge in [-0.15, -0.1) is 11.3 Å². The molecule has 2 nitrogen and oxygen atoms in total. The van der Waals surface area contributed by atoms with Crippen LogP contribution in [0.2, 0.25) is 5.02 Å². The SMILES string of the molecule is Oc1ccc(-c2nc3cc(Cl)ccc3s2)cc1Br. The van der Waals surface area contributed by atoms with Gasteiger partial charge in [0, 0.05) is 10.6 Å². The van der Waals surface area contributed by atoms with Crippen LogP contribution in [0, 0.1) is 0 Å². The maximum Gasteiger partial charge on any atom is 0.129 e. The Kier molecular flexibility index (Phi) is 3.01. The van der Waals surface area contributed by atoms with Crippen LogP contribution in [0.3, 0.4) is 0 Å². The molecule has 0 unspecified atom stereocenters. The van der Waals surface area contributed by atoms with Gasteiger partial charge in [0.25, 0.3) is 0 Å². The molecule has 0 spiro atoms. The summed E-state index contributed by atoms with van der Waals surface area (Å²) in [6, 6.07) is 11.0. The van der Waals surface area contributed by atoms with Gasteiger partial charge in [-0.1, -0.05) is 11.6 Å². The Morgan fingerprint density at radius 1 is 1.17 bits per heavy atom. The smallest absolute Gasteiger partial charge is 0.129 e. The second-order valence-corrected chi connectivity index (χ2v) is 6.12. The lowest BCUT2D eigenvalue weighted by Gasteiger charge is -1.99. The third-order valence-corrected chi connectivity index (χ3v) is 4.50. The summed E-state index contributed by atoms with van der Waals surface area (Å²) >= 11 is 10.8. The zero-order valence-corrected chi connectivity index (χ0v) is 12.2. The molecule has 0 amide bonds. The summed E-state index contributed by atoms with van der Waals surface area (Å²) in [5.74, 6) is 0.225. The largest absolute Gasteiger partial charge is 0.507 e. The lowest BCUT2D eigenvalue weighted by atomic mass is 10.2. The number of benzene rings is 2. The zero-order valence-electron chi connectivity index (χ0n) is 9.02. The van der Waals surface area contributed by atoms with Crippen LogP contribution in [0.1, 0.15) is 0 Å². The van der Waals surface area contributed by atoms with Crippen LogP contribution in [0.5, 0.6) is 5.75 Å². The molecule has 0 saturated heterocycles. The van der Waals surface area contributed by atoms with Gasteiger partial charge in [0.05, 0.1) is 14.7 Å². The van der Waals surface area contributed by atoms with E-state index in [1.54, 1.807) is 17.4 Å². The first kappa shape index (κ1) is 12.0. The third kappa shape index (κ3) is 2.11. The fraction of sp³-hybridized carbons (Fsp3) is 0. The highest BCUT2D eigenvalue weighted by molar-refractivity contribution is 9.10. The van der Waals surface area contributed by atoms with Crippen LogP contribution in [-0.4, -0.2) is 10.1 Å². The summed E-state index contributed by atoms with van der Waals surface area (Å²) in [4.78, 5) is 4.55. The number of nitrogens with zero attached hydrogens (tertiary/aromatic N) is 1. The Bertz CT molecular complexity index is 741. The standard InChI is InChI=1S/C13H7BrClNOS/c14-9-5-7(1-3-11(9)17)13-16-10-6-8(15)2-4-12(10)18-13/h1-6,17H. The van der Waals surface area contributed by atoms with Crippen molar-refractivity contribution in [2.45, 2.75) is 0 Å². The third-order valence-electron chi connectivity index (χ3n) is 2.54. The molecule has 5 heteroatoms. The molecule has 90 valence electrons. The van der Waals surface area contributed by atoms with E-state index < -0.39 is 0 Å². The van der Waals surface area contributed by atoms with E-state index in [2.05, 4.69) is 20.9 Å². The van der Waals surface area contributed by atoms with Crippen molar-refractivity contribution in [2.75, 3.05) is 0 Å². The lowest BCUT2D eigenvalue weighted by Crippen LogP contribution is -1.76. The van der Waals surface area contributed by atoms with E-state index in [1.165, 1.54) is 0 Å². The topological polar surface area (TPSA) is 33.1 Å².